The normalized spacial score (nSPS) is 19.9. The lowest BCUT2D eigenvalue weighted by molar-refractivity contribution is 0.524. The average Bonchev–Trinajstić information content (AvgIpc) is 1.59. The molecule has 62 valence electrons. The molecule has 0 spiro atoms. The van der Waals surface area contributed by atoms with Crippen LogP contribution >= 0.6 is 0 Å². The SMILES string of the molecule is CCCC(C)CS(=O)(O)=S. The van der Waals surface area contributed by atoms with Crippen molar-refractivity contribution in [1.29, 1.82) is 0 Å². The maximum absolute atomic E-state index is 10.6. The first-order valence-electron chi connectivity index (χ1n) is 3.41. The molecule has 4 heteroatoms. The maximum Gasteiger partial charge on any atom is 0.141 e. The van der Waals surface area contributed by atoms with Gasteiger partial charge in [-0.25, -0.2) is 4.21 Å². The molecule has 0 aromatic heterocycles. The Kier molecular flexibility index (Phi) is 4.40. The van der Waals surface area contributed by atoms with Gasteiger partial charge in [-0.15, -0.1) is 0 Å². The van der Waals surface area contributed by atoms with Crippen LogP contribution in [-0.2, 0) is 20.0 Å². The Balaban J connectivity index is 3.69. The number of hydrogen-bond acceptors (Lipinski definition) is 2. The van der Waals surface area contributed by atoms with E-state index in [1.54, 1.807) is 0 Å². The minimum atomic E-state index is -2.91. The predicted molar refractivity (Wildman–Crippen MR) is 47.1 cm³/mol. The molecule has 0 aromatic rings. The van der Waals surface area contributed by atoms with Gasteiger partial charge in [0.15, 0.2) is 0 Å². The van der Waals surface area contributed by atoms with Gasteiger partial charge in [-0.05, 0) is 5.92 Å². The molecule has 0 heterocycles. The standard InChI is InChI=1S/C6H14O2S2/c1-3-4-6(2)5-10(7,8)9/h6H,3-5H2,1-2H3,(H,7,8,9). The third-order valence-corrected chi connectivity index (χ3v) is 2.68. The fourth-order valence-corrected chi connectivity index (χ4v) is 2.52. The Bertz CT molecular complexity index is 172. The highest BCUT2D eigenvalue weighted by Crippen LogP contribution is 2.07. The van der Waals surface area contributed by atoms with Gasteiger partial charge in [-0.2, -0.15) is 0 Å². The minimum absolute atomic E-state index is 0.260. The highest BCUT2D eigenvalue weighted by atomic mass is 32.8. The Morgan fingerprint density at radius 1 is 1.70 bits per heavy atom. The van der Waals surface area contributed by atoms with E-state index in [0.717, 1.165) is 12.8 Å². The lowest BCUT2D eigenvalue weighted by atomic mass is 10.1. The van der Waals surface area contributed by atoms with Gasteiger partial charge < -0.3 is 4.55 Å². The summed E-state index contributed by atoms with van der Waals surface area (Å²) in [5, 5.41) is 0. The Labute approximate surface area is 67.5 Å². The molecule has 0 fully saturated rings. The topological polar surface area (TPSA) is 37.3 Å². The summed E-state index contributed by atoms with van der Waals surface area (Å²) in [6.07, 6.45) is 2.03. The lowest BCUT2D eigenvalue weighted by Gasteiger charge is -2.07. The highest BCUT2D eigenvalue weighted by molar-refractivity contribution is 8.29. The van der Waals surface area contributed by atoms with E-state index in [1.807, 2.05) is 6.92 Å². The molecular weight excluding hydrogens is 168 g/mol. The second-order valence-electron chi connectivity index (χ2n) is 2.64. The summed E-state index contributed by atoms with van der Waals surface area (Å²) in [7, 11) is -2.91. The Morgan fingerprint density at radius 3 is 2.50 bits per heavy atom. The molecule has 10 heavy (non-hydrogen) atoms. The van der Waals surface area contributed by atoms with Gasteiger partial charge >= 0.3 is 0 Å². The molecule has 0 amide bonds. The fraction of sp³-hybridized carbons (Fsp3) is 1.00. The van der Waals surface area contributed by atoms with Gasteiger partial charge in [-0.3, -0.25) is 0 Å². The molecule has 0 aromatic carbocycles. The summed E-state index contributed by atoms with van der Waals surface area (Å²) in [5.41, 5.74) is 0. The third-order valence-electron chi connectivity index (χ3n) is 1.28. The van der Waals surface area contributed by atoms with Crippen LogP contribution in [0.15, 0.2) is 0 Å². The highest BCUT2D eigenvalue weighted by Gasteiger charge is 2.07. The molecule has 0 aliphatic carbocycles. The van der Waals surface area contributed by atoms with E-state index in [0.29, 0.717) is 0 Å². The third kappa shape index (κ3) is 6.45. The van der Waals surface area contributed by atoms with Crippen molar-refractivity contribution in [3.05, 3.63) is 0 Å². The Hall–Kier alpha value is 0.330. The molecule has 0 aliphatic rings. The number of hydrogen-bond donors (Lipinski definition) is 1. The molecule has 1 N–H and O–H groups in total. The molecule has 0 rings (SSSR count). The summed E-state index contributed by atoms with van der Waals surface area (Å²) < 4.78 is 19.4. The van der Waals surface area contributed by atoms with Crippen molar-refractivity contribution < 1.29 is 8.76 Å². The predicted octanol–water partition coefficient (Wildman–Crippen LogP) is 1.64. The van der Waals surface area contributed by atoms with Crippen molar-refractivity contribution in [3.63, 3.8) is 0 Å². The first-order valence-corrected chi connectivity index (χ1v) is 6.01. The van der Waals surface area contributed by atoms with E-state index < -0.39 is 8.77 Å². The van der Waals surface area contributed by atoms with E-state index >= 15 is 0 Å². The second kappa shape index (κ2) is 4.26. The van der Waals surface area contributed by atoms with E-state index in [-0.39, 0.29) is 11.7 Å². The largest absolute Gasteiger partial charge is 0.306 e. The summed E-state index contributed by atoms with van der Waals surface area (Å²) >= 11 is 4.36. The molecule has 0 saturated heterocycles. The monoisotopic (exact) mass is 182 g/mol. The molecule has 2 atom stereocenters. The summed E-state index contributed by atoms with van der Waals surface area (Å²) in [5.74, 6) is 0.538. The van der Waals surface area contributed by atoms with Crippen molar-refractivity contribution in [2.24, 2.45) is 5.92 Å². The molecule has 0 bridgehead atoms. The van der Waals surface area contributed by atoms with Crippen LogP contribution in [0, 0.1) is 5.92 Å². The second-order valence-corrected chi connectivity index (χ2v) is 5.70. The van der Waals surface area contributed by atoms with Crippen LogP contribution in [0.2, 0.25) is 0 Å². The van der Waals surface area contributed by atoms with E-state index in [4.69, 9.17) is 4.55 Å². The van der Waals surface area contributed by atoms with Gasteiger partial charge in [-0.1, -0.05) is 26.7 Å². The van der Waals surface area contributed by atoms with Crippen LogP contribution < -0.4 is 0 Å². The molecule has 0 saturated carbocycles. The number of rotatable bonds is 4. The lowest BCUT2D eigenvalue weighted by Crippen LogP contribution is -2.10. The summed E-state index contributed by atoms with van der Waals surface area (Å²) in [6, 6.07) is 0. The summed E-state index contributed by atoms with van der Waals surface area (Å²) in [4.78, 5) is 0. The van der Waals surface area contributed by atoms with Crippen LogP contribution in [-0.4, -0.2) is 14.5 Å². The van der Waals surface area contributed by atoms with Crippen LogP contribution in [0.5, 0.6) is 0 Å². The smallest absolute Gasteiger partial charge is 0.141 e. The quantitative estimate of drug-likeness (QED) is 0.718. The molecule has 0 radical (unpaired) electrons. The maximum atomic E-state index is 10.6. The van der Waals surface area contributed by atoms with Gasteiger partial charge in [0, 0.05) is 11.2 Å². The molecule has 0 aliphatic heterocycles. The zero-order valence-electron chi connectivity index (χ0n) is 6.37. The Morgan fingerprint density at radius 2 is 2.20 bits per heavy atom. The zero-order valence-corrected chi connectivity index (χ0v) is 8.00. The van der Waals surface area contributed by atoms with Crippen molar-refractivity contribution in [2.45, 2.75) is 26.7 Å². The zero-order chi connectivity index (χ0) is 8.20. The molecular formula is C6H14O2S2. The summed E-state index contributed by atoms with van der Waals surface area (Å²) in [6.45, 7) is 4.00. The van der Waals surface area contributed by atoms with E-state index in [2.05, 4.69) is 18.1 Å². The van der Waals surface area contributed by atoms with Crippen LogP contribution in [0.25, 0.3) is 0 Å². The van der Waals surface area contributed by atoms with Crippen molar-refractivity contribution in [1.82, 2.24) is 0 Å². The van der Waals surface area contributed by atoms with Crippen molar-refractivity contribution in [2.75, 3.05) is 5.75 Å². The van der Waals surface area contributed by atoms with Crippen LogP contribution in [0.1, 0.15) is 26.7 Å². The van der Waals surface area contributed by atoms with Crippen molar-refractivity contribution in [3.8, 4) is 0 Å². The average molecular weight is 182 g/mol. The van der Waals surface area contributed by atoms with E-state index in [1.165, 1.54) is 0 Å². The first kappa shape index (κ1) is 10.3. The minimum Gasteiger partial charge on any atom is -0.306 e. The van der Waals surface area contributed by atoms with Crippen LogP contribution in [0.3, 0.4) is 0 Å². The van der Waals surface area contributed by atoms with Crippen LogP contribution in [0.4, 0.5) is 0 Å². The fourth-order valence-electron chi connectivity index (χ4n) is 0.936. The van der Waals surface area contributed by atoms with Crippen molar-refractivity contribution >= 4 is 20.0 Å². The van der Waals surface area contributed by atoms with Gasteiger partial charge in [0.25, 0.3) is 0 Å². The first-order chi connectivity index (χ1) is 4.45. The van der Waals surface area contributed by atoms with Gasteiger partial charge in [0.1, 0.15) is 8.77 Å². The molecule has 2 unspecified atom stereocenters. The molecule has 2 nitrogen and oxygen atoms in total. The van der Waals surface area contributed by atoms with Gasteiger partial charge in [0.05, 0.1) is 5.75 Å². The van der Waals surface area contributed by atoms with Gasteiger partial charge in [0.2, 0.25) is 0 Å². The van der Waals surface area contributed by atoms with E-state index in [9.17, 15) is 4.21 Å².